The number of amides is 1. The lowest BCUT2D eigenvalue weighted by molar-refractivity contribution is -0.115. The number of benzene rings is 2. The van der Waals surface area contributed by atoms with E-state index in [1.165, 1.54) is 26.2 Å². The number of hydrogen-bond donors (Lipinski definition) is 1. The predicted octanol–water partition coefficient (Wildman–Crippen LogP) is 2.88. The van der Waals surface area contributed by atoms with Crippen LogP contribution in [0, 0.1) is 0 Å². The average molecular weight is 397 g/mol. The Labute approximate surface area is 144 Å². The molecule has 0 aromatic heterocycles. The quantitative estimate of drug-likeness (QED) is 0.844. The minimum atomic E-state index is -3.46. The van der Waals surface area contributed by atoms with Gasteiger partial charge in [0.2, 0.25) is 15.9 Å². The topological polar surface area (TPSA) is 66.5 Å². The molecule has 1 N–H and O–H groups in total. The van der Waals surface area contributed by atoms with Crippen molar-refractivity contribution >= 4 is 37.5 Å². The zero-order valence-corrected chi connectivity index (χ0v) is 15.2. The van der Waals surface area contributed by atoms with Crippen molar-refractivity contribution in [2.24, 2.45) is 0 Å². The second-order valence-electron chi connectivity index (χ2n) is 5.16. The van der Waals surface area contributed by atoms with Crippen LogP contribution >= 0.6 is 15.9 Å². The predicted molar refractivity (Wildman–Crippen MR) is 93.8 cm³/mol. The van der Waals surface area contributed by atoms with E-state index in [1.54, 1.807) is 12.1 Å². The molecule has 0 heterocycles. The maximum atomic E-state index is 12.0. The van der Waals surface area contributed by atoms with Crippen LogP contribution in [0.25, 0.3) is 0 Å². The molecule has 1 amide bonds. The second kappa shape index (κ2) is 7.25. The fourth-order valence-electron chi connectivity index (χ4n) is 1.91. The van der Waals surface area contributed by atoms with Gasteiger partial charge in [-0.3, -0.25) is 4.79 Å². The van der Waals surface area contributed by atoms with Crippen molar-refractivity contribution in [3.63, 3.8) is 0 Å². The molecule has 2 aromatic rings. The highest BCUT2D eigenvalue weighted by Gasteiger charge is 2.16. The Morgan fingerprint density at radius 1 is 1.04 bits per heavy atom. The van der Waals surface area contributed by atoms with Crippen molar-refractivity contribution in [2.75, 3.05) is 19.4 Å². The molecule has 0 atom stereocenters. The maximum absolute atomic E-state index is 12.0. The first kappa shape index (κ1) is 17.7. The normalized spacial score (nSPS) is 11.5. The Bertz CT molecular complexity index is 785. The van der Waals surface area contributed by atoms with Gasteiger partial charge in [0.05, 0.1) is 11.3 Å². The highest BCUT2D eigenvalue weighted by atomic mass is 79.9. The van der Waals surface area contributed by atoms with Crippen LogP contribution in [0.2, 0.25) is 0 Å². The van der Waals surface area contributed by atoms with Crippen molar-refractivity contribution in [1.82, 2.24) is 4.31 Å². The number of anilines is 1. The van der Waals surface area contributed by atoms with Gasteiger partial charge in [-0.15, -0.1) is 0 Å². The summed E-state index contributed by atoms with van der Waals surface area (Å²) in [5.74, 6) is -0.157. The van der Waals surface area contributed by atoms with Gasteiger partial charge in [-0.1, -0.05) is 28.1 Å². The van der Waals surface area contributed by atoms with Gasteiger partial charge in [0, 0.05) is 24.3 Å². The summed E-state index contributed by atoms with van der Waals surface area (Å²) < 4.78 is 26.0. The van der Waals surface area contributed by atoms with Gasteiger partial charge in [0.25, 0.3) is 0 Å². The van der Waals surface area contributed by atoms with Crippen LogP contribution in [-0.2, 0) is 21.2 Å². The molecular formula is C16H17BrN2O3S. The second-order valence-corrected chi connectivity index (χ2v) is 8.23. The average Bonchev–Trinajstić information content (AvgIpc) is 2.50. The third-order valence-electron chi connectivity index (χ3n) is 3.19. The largest absolute Gasteiger partial charge is 0.326 e. The van der Waals surface area contributed by atoms with E-state index in [9.17, 15) is 13.2 Å². The van der Waals surface area contributed by atoms with Gasteiger partial charge in [-0.05, 0) is 42.0 Å². The van der Waals surface area contributed by atoms with E-state index in [0.29, 0.717) is 5.69 Å². The fraction of sp³-hybridized carbons (Fsp3) is 0.188. The molecule has 23 heavy (non-hydrogen) atoms. The highest BCUT2D eigenvalue weighted by molar-refractivity contribution is 9.10. The molecule has 7 heteroatoms. The SMILES string of the molecule is CN(C)S(=O)(=O)c1ccc(NC(=O)Cc2ccc(Br)cc2)cc1. The van der Waals surface area contributed by atoms with Crippen LogP contribution in [0.15, 0.2) is 57.9 Å². The highest BCUT2D eigenvalue weighted by Crippen LogP contribution is 2.17. The van der Waals surface area contributed by atoms with Gasteiger partial charge < -0.3 is 5.32 Å². The van der Waals surface area contributed by atoms with Crippen molar-refractivity contribution in [2.45, 2.75) is 11.3 Å². The zero-order chi connectivity index (χ0) is 17.0. The van der Waals surface area contributed by atoms with Crippen LogP contribution < -0.4 is 5.32 Å². The van der Waals surface area contributed by atoms with E-state index >= 15 is 0 Å². The summed E-state index contributed by atoms with van der Waals surface area (Å²) in [6.45, 7) is 0. The molecule has 122 valence electrons. The Morgan fingerprint density at radius 3 is 2.13 bits per heavy atom. The van der Waals surface area contributed by atoms with Crippen molar-refractivity contribution in [3.8, 4) is 0 Å². The summed E-state index contributed by atoms with van der Waals surface area (Å²) in [4.78, 5) is 12.2. The van der Waals surface area contributed by atoms with Gasteiger partial charge in [0.1, 0.15) is 0 Å². The summed E-state index contributed by atoms with van der Waals surface area (Å²) in [6, 6.07) is 13.6. The first-order valence-electron chi connectivity index (χ1n) is 6.86. The third-order valence-corrected chi connectivity index (χ3v) is 5.55. The molecular weight excluding hydrogens is 380 g/mol. The van der Waals surface area contributed by atoms with Crippen molar-refractivity contribution in [3.05, 3.63) is 58.6 Å². The van der Waals surface area contributed by atoms with Crippen LogP contribution in [-0.4, -0.2) is 32.7 Å². The summed E-state index contributed by atoms with van der Waals surface area (Å²) in [5.41, 5.74) is 1.46. The fourth-order valence-corrected chi connectivity index (χ4v) is 3.08. The number of nitrogens with one attached hydrogen (secondary N) is 1. The molecule has 5 nitrogen and oxygen atoms in total. The molecule has 0 spiro atoms. The number of nitrogens with zero attached hydrogens (tertiary/aromatic N) is 1. The summed E-state index contributed by atoms with van der Waals surface area (Å²) in [7, 11) is -0.508. The van der Waals surface area contributed by atoms with Crippen LogP contribution in [0.3, 0.4) is 0 Å². The van der Waals surface area contributed by atoms with E-state index in [4.69, 9.17) is 0 Å². The van der Waals surface area contributed by atoms with Gasteiger partial charge >= 0.3 is 0 Å². The first-order chi connectivity index (χ1) is 10.8. The lowest BCUT2D eigenvalue weighted by Gasteiger charge is -2.12. The number of halogens is 1. The van der Waals surface area contributed by atoms with E-state index < -0.39 is 10.0 Å². The lowest BCUT2D eigenvalue weighted by Crippen LogP contribution is -2.22. The Kier molecular flexibility index (Phi) is 5.56. The number of carbonyl (C=O) groups excluding carboxylic acids is 1. The van der Waals surface area contributed by atoms with Crippen LogP contribution in [0.5, 0.6) is 0 Å². The number of rotatable bonds is 5. The minimum absolute atomic E-state index is 0.157. The van der Waals surface area contributed by atoms with Crippen LogP contribution in [0.1, 0.15) is 5.56 Å². The van der Waals surface area contributed by atoms with Crippen molar-refractivity contribution in [1.29, 1.82) is 0 Å². The summed E-state index contributed by atoms with van der Waals surface area (Å²) >= 11 is 3.35. The molecule has 0 saturated carbocycles. The molecule has 0 unspecified atom stereocenters. The Balaban J connectivity index is 2.03. The molecule has 0 aliphatic carbocycles. The summed E-state index contributed by atoms with van der Waals surface area (Å²) in [6.07, 6.45) is 0.255. The Hall–Kier alpha value is -1.70. The zero-order valence-electron chi connectivity index (χ0n) is 12.8. The van der Waals surface area contributed by atoms with Crippen molar-refractivity contribution < 1.29 is 13.2 Å². The molecule has 2 rings (SSSR count). The molecule has 0 fully saturated rings. The minimum Gasteiger partial charge on any atom is -0.326 e. The molecule has 0 bridgehead atoms. The van der Waals surface area contributed by atoms with E-state index in [2.05, 4.69) is 21.2 Å². The molecule has 0 saturated heterocycles. The lowest BCUT2D eigenvalue weighted by atomic mass is 10.1. The van der Waals surface area contributed by atoms with E-state index in [0.717, 1.165) is 14.3 Å². The summed E-state index contributed by atoms with van der Waals surface area (Å²) in [5, 5.41) is 2.75. The van der Waals surface area contributed by atoms with E-state index in [-0.39, 0.29) is 17.2 Å². The first-order valence-corrected chi connectivity index (χ1v) is 9.09. The number of carbonyl (C=O) groups is 1. The molecule has 0 radical (unpaired) electrons. The monoisotopic (exact) mass is 396 g/mol. The van der Waals surface area contributed by atoms with Crippen LogP contribution in [0.4, 0.5) is 5.69 Å². The third kappa shape index (κ3) is 4.63. The standard InChI is InChI=1S/C16H17BrN2O3S/c1-19(2)23(21,22)15-9-7-14(8-10-15)18-16(20)11-12-3-5-13(17)6-4-12/h3-10H,11H2,1-2H3,(H,18,20). The number of hydrogen-bond acceptors (Lipinski definition) is 3. The van der Waals surface area contributed by atoms with Gasteiger partial charge in [-0.25, -0.2) is 12.7 Å². The molecule has 0 aliphatic heterocycles. The Morgan fingerprint density at radius 2 is 1.61 bits per heavy atom. The molecule has 0 aliphatic rings. The maximum Gasteiger partial charge on any atom is 0.242 e. The van der Waals surface area contributed by atoms with Gasteiger partial charge in [0.15, 0.2) is 0 Å². The molecule has 2 aromatic carbocycles. The van der Waals surface area contributed by atoms with E-state index in [1.807, 2.05) is 24.3 Å². The van der Waals surface area contributed by atoms with Gasteiger partial charge in [-0.2, -0.15) is 0 Å². The number of sulfonamides is 1. The smallest absolute Gasteiger partial charge is 0.242 e.